The van der Waals surface area contributed by atoms with Gasteiger partial charge in [0.05, 0.1) is 0 Å². The van der Waals surface area contributed by atoms with Gasteiger partial charge in [-0.05, 0) is 18.9 Å². The molecule has 8 heavy (non-hydrogen) atoms. The van der Waals surface area contributed by atoms with Crippen molar-refractivity contribution in [3.8, 4) is 0 Å². The first-order valence-electron chi connectivity index (χ1n) is 2.55. The summed E-state index contributed by atoms with van der Waals surface area (Å²) < 4.78 is 0. The Balaban J connectivity index is 2.76. The number of hydrogen-bond donors (Lipinski definition) is 1. The van der Waals surface area contributed by atoms with Gasteiger partial charge in [0.1, 0.15) is 0 Å². The van der Waals surface area contributed by atoms with Crippen molar-refractivity contribution in [2.75, 3.05) is 0 Å². The van der Waals surface area contributed by atoms with E-state index in [-0.39, 0.29) is 0 Å². The summed E-state index contributed by atoms with van der Waals surface area (Å²) in [6.07, 6.45) is 6.03. The molecule has 0 nitrogen and oxygen atoms in total. The van der Waals surface area contributed by atoms with Gasteiger partial charge in [-0.1, -0.05) is 17.7 Å². The number of halogens is 1. The summed E-state index contributed by atoms with van der Waals surface area (Å²) >= 11 is 9.84. The first-order valence-corrected chi connectivity index (χ1v) is 3.37. The molecule has 0 atom stereocenters. The molecule has 0 spiro atoms. The second-order valence-corrected chi connectivity index (χ2v) is 2.68. The van der Waals surface area contributed by atoms with Crippen molar-refractivity contribution < 1.29 is 0 Å². The number of thiol groups is 1. The molecule has 0 bridgehead atoms. The van der Waals surface area contributed by atoms with Gasteiger partial charge < -0.3 is 0 Å². The molecule has 0 N–H and O–H groups in total. The van der Waals surface area contributed by atoms with E-state index in [1.807, 2.05) is 6.08 Å². The second-order valence-electron chi connectivity index (χ2n) is 1.74. The highest BCUT2D eigenvalue weighted by molar-refractivity contribution is 7.84. The maximum Gasteiger partial charge on any atom is 0.0495 e. The van der Waals surface area contributed by atoms with Crippen molar-refractivity contribution in [2.45, 2.75) is 12.8 Å². The topological polar surface area (TPSA) is 0 Å². The van der Waals surface area contributed by atoms with Gasteiger partial charge in [-0.2, -0.15) is 0 Å². The predicted molar refractivity (Wildman–Crippen MR) is 40.2 cm³/mol. The van der Waals surface area contributed by atoms with Crippen molar-refractivity contribution in [1.29, 1.82) is 0 Å². The van der Waals surface area contributed by atoms with Gasteiger partial charge in [0, 0.05) is 9.94 Å². The molecule has 0 radical (unpaired) electrons. The van der Waals surface area contributed by atoms with E-state index in [9.17, 15) is 0 Å². The fourth-order valence-corrected chi connectivity index (χ4v) is 1.01. The molecule has 0 saturated carbocycles. The van der Waals surface area contributed by atoms with Crippen LogP contribution in [0.1, 0.15) is 12.8 Å². The third kappa shape index (κ3) is 1.30. The van der Waals surface area contributed by atoms with Gasteiger partial charge in [0.25, 0.3) is 0 Å². The van der Waals surface area contributed by atoms with E-state index in [1.54, 1.807) is 0 Å². The Hall–Kier alpha value is 0.120. The zero-order chi connectivity index (χ0) is 5.98. The summed E-state index contributed by atoms with van der Waals surface area (Å²) in [6, 6.07) is 0. The summed E-state index contributed by atoms with van der Waals surface area (Å²) in [4.78, 5) is 1.01. The SMILES string of the molecule is SC1=C(Cl)C=CCC1. The van der Waals surface area contributed by atoms with Gasteiger partial charge in [-0.25, -0.2) is 0 Å². The van der Waals surface area contributed by atoms with E-state index in [2.05, 4.69) is 18.7 Å². The summed E-state index contributed by atoms with van der Waals surface area (Å²) in [5, 5.41) is 0.791. The Morgan fingerprint density at radius 1 is 1.62 bits per heavy atom. The van der Waals surface area contributed by atoms with Crippen LogP contribution in [0.4, 0.5) is 0 Å². The van der Waals surface area contributed by atoms with Gasteiger partial charge in [-0.3, -0.25) is 0 Å². The van der Waals surface area contributed by atoms with Gasteiger partial charge in [0.2, 0.25) is 0 Å². The Morgan fingerprint density at radius 3 is 2.75 bits per heavy atom. The van der Waals surface area contributed by atoms with E-state index in [0.717, 1.165) is 22.8 Å². The maximum absolute atomic E-state index is 5.68. The van der Waals surface area contributed by atoms with Crippen LogP contribution in [0.3, 0.4) is 0 Å². The normalized spacial score (nSPS) is 19.8. The predicted octanol–water partition coefficient (Wildman–Crippen LogP) is 2.72. The third-order valence-electron chi connectivity index (χ3n) is 1.09. The molecule has 0 aliphatic heterocycles. The van der Waals surface area contributed by atoms with E-state index >= 15 is 0 Å². The lowest BCUT2D eigenvalue weighted by atomic mass is 10.2. The average molecular weight is 147 g/mol. The monoisotopic (exact) mass is 146 g/mol. The van der Waals surface area contributed by atoms with Crippen LogP contribution in [0.15, 0.2) is 22.1 Å². The molecule has 1 aliphatic carbocycles. The molecule has 0 aromatic rings. The molecule has 44 valence electrons. The first kappa shape index (κ1) is 6.24. The van der Waals surface area contributed by atoms with Crippen LogP contribution in [-0.4, -0.2) is 0 Å². The first-order chi connectivity index (χ1) is 3.80. The standard InChI is InChI=1S/C6H7ClS/c7-5-3-1-2-4-6(5)8/h1,3,8H,2,4H2. The van der Waals surface area contributed by atoms with Crippen molar-refractivity contribution in [3.05, 3.63) is 22.1 Å². The Bertz CT molecular complexity index is 147. The van der Waals surface area contributed by atoms with Crippen molar-refractivity contribution in [1.82, 2.24) is 0 Å². The minimum atomic E-state index is 0.791. The molecule has 2 heteroatoms. The third-order valence-corrected chi connectivity index (χ3v) is 2.04. The fraction of sp³-hybridized carbons (Fsp3) is 0.333. The lowest BCUT2D eigenvalue weighted by Crippen LogP contribution is -1.81. The van der Waals surface area contributed by atoms with E-state index < -0.39 is 0 Å². The van der Waals surface area contributed by atoms with Gasteiger partial charge in [-0.15, -0.1) is 12.6 Å². The number of rotatable bonds is 0. The number of allylic oxidation sites excluding steroid dienone is 4. The molecule has 0 saturated heterocycles. The second kappa shape index (κ2) is 2.60. The fourth-order valence-electron chi connectivity index (χ4n) is 0.622. The largest absolute Gasteiger partial charge is 0.146 e. The summed E-state index contributed by atoms with van der Waals surface area (Å²) in [5.41, 5.74) is 0. The molecule has 0 aromatic heterocycles. The van der Waals surface area contributed by atoms with E-state index in [4.69, 9.17) is 11.6 Å². The van der Waals surface area contributed by atoms with Crippen LogP contribution in [0, 0.1) is 0 Å². The molecular weight excluding hydrogens is 140 g/mol. The lowest BCUT2D eigenvalue weighted by molar-refractivity contribution is 1.02. The van der Waals surface area contributed by atoms with Crippen molar-refractivity contribution >= 4 is 24.2 Å². The molecule has 0 fully saturated rings. The smallest absolute Gasteiger partial charge is 0.0495 e. The molecule has 1 rings (SSSR count). The van der Waals surface area contributed by atoms with E-state index in [0.29, 0.717) is 0 Å². The summed E-state index contributed by atoms with van der Waals surface area (Å²) in [5.74, 6) is 0. The summed E-state index contributed by atoms with van der Waals surface area (Å²) in [6.45, 7) is 0. The Morgan fingerprint density at radius 2 is 2.38 bits per heavy atom. The molecule has 0 amide bonds. The molecular formula is C6H7ClS. The summed E-state index contributed by atoms with van der Waals surface area (Å²) in [7, 11) is 0. The highest BCUT2D eigenvalue weighted by atomic mass is 35.5. The lowest BCUT2D eigenvalue weighted by Gasteiger charge is -2.03. The zero-order valence-corrected chi connectivity index (χ0v) is 6.04. The minimum absolute atomic E-state index is 0.791. The van der Waals surface area contributed by atoms with Crippen LogP contribution >= 0.6 is 24.2 Å². The average Bonchev–Trinajstić information content (AvgIpc) is 1.77. The van der Waals surface area contributed by atoms with Crippen LogP contribution in [0.5, 0.6) is 0 Å². The van der Waals surface area contributed by atoms with Gasteiger partial charge in [0.15, 0.2) is 0 Å². The van der Waals surface area contributed by atoms with Gasteiger partial charge >= 0.3 is 0 Å². The highest BCUT2D eigenvalue weighted by Gasteiger charge is 1.99. The van der Waals surface area contributed by atoms with Crippen LogP contribution in [-0.2, 0) is 0 Å². The maximum atomic E-state index is 5.68. The van der Waals surface area contributed by atoms with Crippen molar-refractivity contribution in [3.63, 3.8) is 0 Å². The Labute approximate surface area is 59.6 Å². The molecule has 0 unspecified atom stereocenters. The van der Waals surface area contributed by atoms with Crippen LogP contribution in [0.25, 0.3) is 0 Å². The number of hydrogen-bond acceptors (Lipinski definition) is 1. The van der Waals surface area contributed by atoms with Crippen LogP contribution in [0.2, 0.25) is 0 Å². The van der Waals surface area contributed by atoms with Crippen molar-refractivity contribution in [2.24, 2.45) is 0 Å². The molecule has 0 heterocycles. The quantitative estimate of drug-likeness (QED) is 0.500. The molecule has 1 aliphatic rings. The Kier molecular flexibility index (Phi) is 2.03. The van der Waals surface area contributed by atoms with E-state index in [1.165, 1.54) is 0 Å². The molecule has 0 aromatic carbocycles. The minimum Gasteiger partial charge on any atom is -0.146 e. The highest BCUT2D eigenvalue weighted by Crippen LogP contribution is 2.23. The van der Waals surface area contributed by atoms with Crippen LogP contribution < -0.4 is 0 Å². The zero-order valence-electron chi connectivity index (χ0n) is 4.39.